The molecule has 0 aliphatic rings. The molecule has 18 heavy (non-hydrogen) atoms. The Morgan fingerprint density at radius 1 is 1.28 bits per heavy atom. The van der Waals surface area contributed by atoms with Gasteiger partial charge in [-0.2, -0.15) is 0 Å². The fourth-order valence-electron chi connectivity index (χ4n) is 1.39. The summed E-state index contributed by atoms with van der Waals surface area (Å²) < 4.78 is 5.15. The number of aliphatic carboxylic acids is 1. The first-order valence-corrected chi connectivity index (χ1v) is 5.44. The van der Waals surface area contributed by atoms with Crippen LogP contribution < -0.4 is 15.4 Å². The Hall–Kier alpha value is -2.08. The molecule has 0 spiro atoms. The van der Waals surface area contributed by atoms with Crippen molar-refractivity contribution in [3.05, 3.63) is 29.8 Å². The van der Waals surface area contributed by atoms with Crippen molar-refractivity contribution in [2.24, 2.45) is 0 Å². The minimum atomic E-state index is -0.993. The zero-order valence-electron chi connectivity index (χ0n) is 10.1. The summed E-state index contributed by atoms with van der Waals surface area (Å²) in [4.78, 5) is 21.6. The summed E-state index contributed by atoms with van der Waals surface area (Å²) in [6.07, 6.45) is 0. The second kappa shape index (κ2) is 7.29. The van der Waals surface area contributed by atoms with E-state index in [2.05, 4.69) is 10.6 Å². The van der Waals surface area contributed by atoms with Crippen LogP contribution in [0.25, 0.3) is 0 Å². The zero-order valence-corrected chi connectivity index (χ0v) is 10.1. The van der Waals surface area contributed by atoms with E-state index in [1.807, 2.05) is 24.3 Å². The molecule has 1 rings (SSSR count). The summed E-state index contributed by atoms with van der Waals surface area (Å²) in [5, 5.41) is 13.6. The lowest BCUT2D eigenvalue weighted by Gasteiger charge is -2.09. The predicted molar refractivity (Wildman–Crippen MR) is 65.3 cm³/mol. The van der Waals surface area contributed by atoms with Crippen LogP contribution in [0, 0.1) is 0 Å². The molecule has 0 aromatic heterocycles. The second-order valence-electron chi connectivity index (χ2n) is 3.59. The maximum atomic E-state index is 11.4. The number of methoxy groups -OCH3 is 1. The van der Waals surface area contributed by atoms with E-state index in [9.17, 15) is 9.59 Å². The highest BCUT2D eigenvalue weighted by Gasteiger charge is 2.05. The molecule has 98 valence electrons. The van der Waals surface area contributed by atoms with Crippen LogP contribution >= 0.6 is 0 Å². The Labute approximate surface area is 105 Å². The molecular weight excluding hydrogens is 236 g/mol. The van der Waals surface area contributed by atoms with E-state index < -0.39 is 5.97 Å². The highest BCUT2D eigenvalue weighted by Crippen LogP contribution is 2.16. The minimum absolute atomic E-state index is 0.0263. The topological polar surface area (TPSA) is 87.7 Å². The van der Waals surface area contributed by atoms with Crippen molar-refractivity contribution in [1.82, 2.24) is 10.6 Å². The Balaban J connectivity index is 2.35. The van der Waals surface area contributed by atoms with Crippen molar-refractivity contribution in [3.63, 3.8) is 0 Å². The number of rotatable bonds is 7. The maximum Gasteiger partial charge on any atom is 0.317 e. The van der Waals surface area contributed by atoms with Gasteiger partial charge in [-0.05, 0) is 6.07 Å². The molecule has 3 N–H and O–H groups in total. The number of carbonyl (C=O) groups is 2. The molecular formula is C12H16N2O4. The van der Waals surface area contributed by atoms with Gasteiger partial charge in [0.05, 0.1) is 20.2 Å². The first kappa shape index (κ1) is 14.0. The SMILES string of the molecule is COc1ccccc1CNC(=O)CNCC(=O)O. The number of carboxylic acids is 1. The average molecular weight is 252 g/mol. The monoisotopic (exact) mass is 252 g/mol. The fraction of sp³-hybridized carbons (Fsp3) is 0.333. The number of ether oxygens (including phenoxy) is 1. The van der Waals surface area contributed by atoms with E-state index in [-0.39, 0.29) is 19.0 Å². The third kappa shape index (κ3) is 4.84. The lowest BCUT2D eigenvalue weighted by atomic mass is 10.2. The molecule has 0 bridgehead atoms. The molecule has 6 heteroatoms. The van der Waals surface area contributed by atoms with Gasteiger partial charge >= 0.3 is 5.97 Å². The van der Waals surface area contributed by atoms with E-state index in [0.717, 1.165) is 5.56 Å². The van der Waals surface area contributed by atoms with Crippen molar-refractivity contribution in [2.75, 3.05) is 20.2 Å². The van der Waals surface area contributed by atoms with E-state index >= 15 is 0 Å². The molecule has 0 saturated carbocycles. The number of nitrogens with one attached hydrogen (secondary N) is 2. The summed E-state index contributed by atoms with van der Waals surface area (Å²) in [5.41, 5.74) is 0.867. The van der Waals surface area contributed by atoms with Crippen LogP contribution in [0.2, 0.25) is 0 Å². The van der Waals surface area contributed by atoms with Gasteiger partial charge in [0.25, 0.3) is 0 Å². The summed E-state index contributed by atoms with van der Waals surface area (Å²) >= 11 is 0. The zero-order chi connectivity index (χ0) is 13.4. The van der Waals surface area contributed by atoms with E-state index in [1.54, 1.807) is 7.11 Å². The molecule has 0 saturated heterocycles. The van der Waals surface area contributed by atoms with Crippen LogP contribution in [0.3, 0.4) is 0 Å². The van der Waals surface area contributed by atoms with Crippen LogP contribution in [-0.2, 0) is 16.1 Å². The van der Waals surface area contributed by atoms with Gasteiger partial charge in [-0.1, -0.05) is 18.2 Å². The Bertz CT molecular complexity index is 420. The molecule has 1 aromatic carbocycles. The number of para-hydroxylation sites is 1. The number of amides is 1. The van der Waals surface area contributed by atoms with Crippen molar-refractivity contribution in [1.29, 1.82) is 0 Å². The number of carboxylic acid groups (broad SMARTS) is 1. The Kier molecular flexibility index (Phi) is 5.66. The molecule has 0 heterocycles. The lowest BCUT2D eigenvalue weighted by molar-refractivity contribution is -0.136. The standard InChI is InChI=1S/C12H16N2O4/c1-18-10-5-3-2-4-9(10)6-14-11(15)7-13-8-12(16)17/h2-5,13H,6-8H2,1H3,(H,14,15)(H,16,17). The Morgan fingerprint density at radius 2 is 2.00 bits per heavy atom. The number of hydrogen-bond acceptors (Lipinski definition) is 4. The average Bonchev–Trinajstić information content (AvgIpc) is 2.36. The van der Waals surface area contributed by atoms with Gasteiger partial charge in [-0.25, -0.2) is 0 Å². The molecule has 6 nitrogen and oxygen atoms in total. The highest BCUT2D eigenvalue weighted by molar-refractivity contribution is 5.79. The predicted octanol–water partition coefficient (Wildman–Crippen LogP) is -0.0144. The highest BCUT2D eigenvalue weighted by atomic mass is 16.5. The maximum absolute atomic E-state index is 11.4. The van der Waals surface area contributed by atoms with Gasteiger partial charge < -0.3 is 15.2 Å². The van der Waals surface area contributed by atoms with Gasteiger partial charge in [0.15, 0.2) is 0 Å². The van der Waals surface area contributed by atoms with Gasteiger partial charge in [-0.3, -0.25) is 14.9 Å². The number of hydrogen-bond donors (Lipinski definition) is 3. The number of carbonyl (C=O) groups excluding carboxylic acids is 1. The van der Waals surface area contributed by atoms with Crippen molar-refractivity contribution >= 4 is 11.9 Å². The quantitative estimate of drug-likeness (QED) is 0.635. The minimum Gasteiger partial charge on any atom is -0.496 e. The third-order valence-electron chi connectivity index (χ3n) is 2.23. The summed E-state index contributed by atoms with van der Waals surface area (Å²) in [5.74, 6) is -0.550. The first-order chi connectivity index (χ1) is 8.63. The van der Waals surface area contributed by atoms with Gasteiger partial charge in [0.2, 0.25) is 5.91 Å². The molecule has 0 radical (unpaired) electrons. The summed E-state index contributed by atoms with van der Waals surface area (Å²) in [6.45, 7) is 0.0844. The lowest BCUT2D eigenvalue weighted by Crippen LogP contribution is -2.35. The summed E-state index contributed by atoms with van der Waals surface area (Å²) in [7, 11) is 1.56. The van der Waals surface area contributed by atoms with E-state index in [1.165, 1.54) is 0 Å². The molecule has 1 amide bonds. The van der Waals surface area contributed by atoms with Crippen LogP contribution in [0.1, 0.15) is 5.56 Å². The third-order valence-corrected chi connectivity index (χ3v) is 2.23. The van der Waals surface area contributed by atoms with Crippen molar-refractivity contribution < 1.29 is 19.4 Å². The molecule has 0 atom stereocenters. The fourth-order valence-corrected chi connectivity index (χ4v) is 1.39. The van der Waals surface area contributed by atoms with Crippen molar-refractivity contribution in [3.8, 4) is 5.75 Å². The van der Waals surface area contributed by atoms with Crippen molar-refractivity contribution in [2.45, 2.75) is 6.54 Å². The molecule has 1 aromatic rings. The molecule has 0 fully saturated rings. The first-order valence-electron chi connectivity index (χ1n) is 5.44. The van der Waals surface area contributed by atoms with E-state index in [4.69, 9.17) is 9.84 Å². The molecule has 0 aliphatic carbocycles. The number of benzene rings is 1. The van der Waals surface area contributed by atoms with Crippen LogP contribution in [-0.4, -0.2) is 37.2 Å². The molecule has 0 unspecified atom stereocenters. The smallest absolute Gasteiger partial charge is 0.317 e. The van der Waals surface area contributed by atoms with E-state index in [0.29, 0.717) is 12.3 Å². The van der Waals surface area contributed by atoms with Gasteiger partial charge in [0.1, 0.15) is 5.75 Å². The second-order valence-corrected chi connectivity index (χ2v) is 3.59. The van der Waals surface area contributed by atoms with Crippen LogP contribution in [0.4, 0.5) is 0 Å². The van der Waals surface area contributed by atoms with Crippen LogP contribution in [0.5, 0.6) is 5.75 Å². The van der Waals surface area contributed by atoms with Gasteiger partial charge in [0, 0.05) is 12.1 Å². The largest absolute Gasteiger partial charge is 0.496 e. The molecule has 0 aliphatic heterocycles. The van der Waals surface area contributed by atoms with Crippen LogP contribution in [0.15, 0.2) is 24.3 Å². The normalized spacial score (nSPS) is 9.83. The Morgan fingerprint density at radius 3 is 2.67 bits per heavy atom. The van der Waals surface area contributed by atoms with Gasteiger partial charge in [-0.15, -0.1) is 0 Å². The summed E-state index contributed by atoms with van der Waals surface area (Å²) in [6, 6.07) is 7.36.